The Bertz CT molecular complexity index is 350. The smallest absolute Gasteiger partial charge is 0.0741 e. The first-order valence-corrected chi connectivity index (χ1v) is 6.31. The van der Waals surface area contributed by atoms with Crippen LogP contribution in [0.15, 0.2) is 18.2 Å². The molecule has 0 aliphatic heterocycles. The second-order valence-electron chi connectivity index (χ2n) is 4.26. The van der Waals surface area contributed by atoms with E-state index in [4.69, 9.17) is 23.2 Å². The highest BCUT2D eigenvalue weighted by molar-refractivity contribution is 6.35. The highest BCUT2D eigenvalue weighted by Crippen LogP contribution is 2.26. The van der Waals surface area contributed by atoms with Crippen LogP contribution in [0.3, 0.4) is 0 Å². The van der Waals surface area contributed by atoms with Gasteiger partial charge in [-0.2, -0.15) is 0 Å². The summed E-state index contributed by atoms with van der Waals surface area (Å²) < 4.78 is 0. The molecule has 2 rings (SSSR count). The van der Waals surface area contributed by atoms with E-state index in [0.717, 1.165) is 31.4 Å². The van der Waals surface area contributed by atoms with Gasteiger partial charge in [0.15, 0.2) is 0 Å². The summed E-state index contributed by atoms with van der Waals surface area (Å²) >= 11 is 11.8. The number of benzene rings is 1. The number of anilines is 1. The summed E-state index contributed by atoms with van der Waals surface area (Å²) in [5.41, 5.74) is 0.878. The predicted octanol–water partition coefficient (Wildman–Crippen LogP) is 3.71. The van der Waals surface area contributed by atoms with E-state index in [1.807, 2.05) is 12.1 Å². The Hall–Kier alpha value is -0.440. The minimum atomic E-state index is -0.272. The Morgan fingerprint density at radius 2 is 1.69 bits per heavy atom. The van der Waals surface area contributed by atoms with Crippen LogP contribution in [0.25, 0.3) is 0 Å². The quantitative estimate of drug-likeness (QED) is 0.849. The first-order valence-electron chi connectivity index (χ1n) is 5.56. The fourth-order valence-electron chi connectivity index (χ4n) is 2.13. The highest BCUT2D eigenvalue weighted by atomic mass is 35.5. The second kappa shape index (κ2) is 5.26. The van der Waals surface area contributed by atoms with Crippen molar-refractivity contribution in [1.82, 2.24) is 0 Å². The normalized spacial score (nSPS) is 25.4. The number of halogens is 2. The molecule has 88 valence electrons. The molecule has 16 heavy (non-hydrogen) atoms. The molecule has 2 atom stereocenters. The maximum absolute atomic E-state index is 9.84. The molecule has 1 aromatic rings. The van der Waals surface area contributed by atoms with Gasteiger partial charge in [-0.15, -0.1) is 0 Å². The molecule has 1 saturated carbocycles. The molecule has 2 N–H and O–H groups in total. The predicted molar refractivity (Wildman–Crippen MR) is 68.3 cm³/mol. The number of aliphatic hydroxyl groups is 1. The number of rotatable bonds is 2. The zero-order valence-electron chi connectivity index (χ0n) is 8.92. The largest absolute Gasteiger partial charge is 0.391 e. The van der Waals surface area contributed by atoms with Crippen molar-refractivity contribution in [3.63, 3.8) is 0 Å². The average molecular weight is 260 g/mol. The van der Waals surface area contributed by atoms with Crippen LogP contribution in [0.5, 0.6) is 0 Å². The summed E-state index contributed by atoms with van der Waals surface area (Å²) in [7, 11) is 0. The van der Waals surface area contributed by atoms with Gasteiger partial charge in [-0.1, -0.05) is 36.0 Å². The van der Waals surface area contributed by atoms with Crippen molar-refractivity contribution in [3.05, 3.63) is 28.2 Å². The van der Waals surface area contributed by atoms with E-state index in [1.165, 1.54) is 0 Å². The van der Waals surface area contributed by atoms with Gasteiger partial charge in [-0.3, -0.25) is 0 Å². The third-order valence-electron chi connectivity index (χ3n) is 2.94. The van der Waals surface area contributed by atoms with Crippen molar-refractivity contribution < 1.29 is 5.11 Å². The lowest BCUT2D eigenvalue weighted by Crippen LogP contribution is -2.36. The van der Waals surface area contributed by atoms with Gasteiger partial charge in [0.05, 0.1) is 12.1 Å². The SMILES string of the molecule is O[C@@H]1CCCC[C@H]1Nc1cc(Cl)cc(Cl)c1. The molecule has 0 aromatic heterocycles. The Kier molecular flexibility index (Phi) is 3.95. The van der Waals surface area contributed by atoms with Crippen LogP contribution in [0.1, 0.15) is 25.7 Å². The van der Waals surface area contributed by atoms with Gasteiger partial charge in [0.2, 0.25) is 0 Å². The monoisotopic (exact) mass is 259 g/mol. The minimum absolute atomic E-state index is 0.114. The van der Waals surface area contributed by atoms with E-state index in [-0.39, 0.29) is 12.1 Å². The molecule has 0 amide bonds. The molecular weight excluding hydrogens is 245 g/mol. The summed E-state index contributed by atoms with van der Waals surface area (Å²) in [6.45, 7) is 0. The molecule has 4 heteroatoms. The van der Waals surface area contributed by atoms with Crippen LogP contribution in [-0.2, 0) is 0 Å². The van der Waals surface area contributed by atoms with Crippen molar-refractivity contribution in [3.8, 4) is 0 Å². The highest BCUT2D eigenvalue weighted by Gasteiger charge is 2.22. The summed E-state index contributed by atoms with van der Waals surface area (Å²) in [6, 6.07) is 5.47. The first kappa shape index (κ1) is 12.0. The van der Waals surface area contributed by atoms with E-state index in [2.05, 4.69) is 5.32 Å². The van der Waals surface area contributed by atoms with Crippen molar-refractivity contribution >= 4 is 28.9 Å². The number of hydrogen-bond donors (Lipinski definition) is 2. The van der Waals surface area contributed by atoms with Gasteiger partial charge in [0.25, 0.3) is 0 Å². The number of aliphatic hydroxyl groups excluding tert-OH is 1. The van der Waals surface area contributed by atoms with E-state index >= 15 is 0 Å². The molecule has 0 heterocycles. The van der Waals surface area contributed by atoms with E-state index in [1.54, 1.807) is 6.07 Å². The lowest BCUT2D eigenvalue weighted by molar-refractivity contribution is 0.116. The molecule has 1 aliphatic rings. The van der Waals surface area contributed by atoms with Crippen molar-refractivity contribution in [1.29, 1.82) is 0 Å². The summed E-state index contributed by atoms with van der Waals surface area (Å²) in [5, 5.41) is 14.4. The fraction of sp³-hybridized carbons (Fsp3) is 0.500. The maximum atomic E-state index is 9.84. The van der Waals surface area contributed by atoms with Gasteiger partial charge in [-0.25, -0.2) is 0 Å². The van der Waals surface area contributed by atoms with Gasteiger partial charge in [0.1, 0.15) is 0 Å². The molecule has 0 bridgehead atoms. The van der Waals surface area contributed by atoms with Crippen LogP contribution in [0.4, 0.5) is 5.69 Å². The molecule has 0 radical (unpaired) electrons. The van der Waals surface area contributed by atoms with E-state index < -0.39 is 0 Å². The molecule has 1 fully saturated rings. The number of nitrogens with one attached hydrogen (secondary N) is 1. The molecule has 0 unspecified atom stereocenters. The van der Waals surface area contributed by atoms with Gasteiger partial charge >= 0.3 is 0 Å². The van der Waals surface area contributed by atoms with Crippen LogP contribution in [0.2, 0.25) is 10.0 Å². The lowest BCUT2D eigenvalue weighted by Gasteiger charge is -2.29. The molecule has 0 spiro atoms. The van der Waals surface area contributed by atoms with Crippen LogP contribution >= 0.6 is 23.2 Å². The molecule has 2 nitrogen and oxygen atoms in total. The van der Waals surface area contributed by atoms with Crippen LogP contribution < -0.4 is 5.32 Å². The third kappa shape index (κ3) is 3.03. The summed E-state index contributed by atoms with van der Waals surface area (Å²) in [6.07, 6.45) is 3.85. The van der Waals surface area contributed by atoms with E-state index in [9.17, 15) is 5.11 Å². The molecule has 1 aliphatic carbocycles. The molecule has 0 saturated heterocycles. The van der Waals surface area contributed by atoms with Crippen LogP contribution in [0, 0.1) is 0 Å². The Morgan fingerprint density at radius 1 is 1.06 bits per heavy atom. The van der Waals surface area contributed by atoms with Crippen molar-refractivity contribution in [2.45, 2.75) is 37.8 Å². The Labute approximate surface area is 106 Å². The van der Waals surface area contributed by atoms with Crippen molar-refractivity contribution in [2.75, 3.05) is 5.32 Å². The van der Waals surface area contributed by atoms with Gasteiger partial charge < -0.3 is 10.4 Å². The minimum Gasteiger partial charge on any atom is -0.391 e. The van der Waals surface area contributed by atoms with E-state index in [0.29, 0.717) is 10.0 Å². The maximum Gasteiger partial charge on any atom is 0.0741 e. The number of hydrogen-bond acceptors (Lipinski definition) is 2. The fourth-order valence-corrected chi connectivity index (χ4v) is 2.66. The molecular formula is C12H15Cl2NO. The topological polar surface area (TPSA) is 32.3 Å². The zero-order valence-corrected chi connectivity index (χ0v) is 10.4. The summed E-state index contributed by atoms with van der Waals surface area (Å²) in [4.78, 5) is 0. The summed E-state index contributed by atoms with van der Waals surface area (Å²) in [5.74, 6) is 0. The average Bonchev–Trinajstić information content (AvgIpc) is 2.20. The molecule has 1 aromatic carbocycles. The standard InChI is InChI=1S/C12H15Cl2NO/c13-8-5-9(14)7-10(6-8)15-11-3-1-2-4-12(11)16/h5-7,11-12,15-16H,1-4H2/t11-,12-/m1/s1. The van der Waals surface area contributed by atoms with Gasteiger partial charge in [-0.05, 0) is 31.0 Å². The Morgan fingerprint density at radius 3 is 2.31 bits per heavy atom. The second-order valence-corrected chi connectivity index (χ2v) is 5.13. The van der Waals surface area contributed by atoms with Crippen molar-refractivity contribution in [2.24, 2.45) is 0 Å². The Balaban J connectivity index is 2.07. The first-order chi connectivity index (χ1) is 7.65. The third-order valence-corrected chi connectivity index (χ3v) is 3.38. The lowest BCUT2D eigenvalue weighted by atomic mass is 9.92. The van der Waals surface area contributed by atoms with Gasteiger partial charge in [0, 0.05) is 15.7 Å². The zero-order chi connectivity index (χ0) is 11.5. The van der Waals surface area contributed by atoms with Crippen LogP contribution in [-0.4, -0.2) is 17.3 Å².